The van der Waals surface area contributed by atoms with Crippen LogP contribution in [0.2, 0.25) is 0 Å². The minimum atomic E-state index is -1.09. The number of carboxylic acids is 1. The van der Waals surface area contributed by atoms with E-state index in [4.69, 9.17) is 5.11 Å². The van der Waals surface area contributed by atoms with Crippen molar-refractivity contribution in [3.05, 3.63) is 29.8 Å². The number of rotatable bonds is 4. The molecule has 0 radical (unpaired) electrons. The maximum Gasteiger partial charge on any atom is 0.335 e. The van der Waals surface area contributed by atoms with Crippen molar-refractivity contribution in [3.8, 4) is 0 Å². The molecule has 0 amide bonds. The van der Waals surface area contributed by atoms with Gasteiger partial charge in [-0.2, -0.15) is 0 Å². The lowest BCUT2D eigenvalue weighted by atomic mass is 9.87. The predicted octanol–water partition coefficient (Wildman–Crippen LogP) is 3.46. The molecular weight excluding hydrogens is 260 g/mol. The molecular formula is C15H20O3S. The first-order valence-corrected chi connectivity index (χ1v) is 8.08. The number of aromatic carboxylic acids is 1. The van der Waals surface area contributed by atoms with E-state index < -0.39 is 16.8 Å². The highest BCUT2D eigenvalue weighted by molar-refractivity contribution is 7.85. The highest BCUT2D eigenvalue weighted by atomic mass is 32.2. The third-order valence-electron chi connectivity index (χ3n) is 3.95. The lowest BCUT2D eigenvalue weighted by Gasteiger charge is -2.30. The van der Waals surface area contributed by atoms with E-state index in [0.717, 1.165) is 25.7 Å². The van der Waals surface area contributed by atoms with Gasteiger partial charge in [-0.3, -0.25) is 4.21 Å². The fraction of sp³-hybridized carbons (Fsp3) is 0.533. The van der Waals surface area contributed by atoms with Crippen LogP contribution in [0.1, 0.15) is 49.4 Å². The molecule has 1 N–H and O–H groups in total. The maximum atomic E-state index is 12.7. The van der Waals surface area contributed by atoms with Crippen molar-refractivity contribution in [1.82, 2.24) is 0 Å². The minimum Gasteiger partial charge on any atom is -0.478 e. The Hall–Kier alpha value is -1.16. The lowest BCUT2D eigenvalue weighted by molar-refractivity contribution is 0.0696. The summed E-state index contributed by atoms with van der Waals surface area (Å²) in [4.78, 5) is 11.6. The van der Waals surface area contributed by atoms with Crippen molar-refractivity contribution in [2.75, 3.05) is 0 Å². The van der Waals surface area contributed by atoms with Gasteiger partial charge in [0.25, 0.3) is 0 Å². The SMILES string of the molecule is CCC1CCCCC1S(=O)c1cccc(C(=O)O)c1. The molecule has 4 heteroatoms. The van der Waals surface area contributed by atoms with E-state index in [2.05, 4.69) is 6.92 Å². The second-order valence-corrected chi connectivity index (χ2v) is 6.79. The number of benzene rings is 1. The van der Waals surface area contributed by atoms with Crippen molar-refractivity contribution in [1.29, 1.82) is 0 Å². The fourth-order valence-electron chi connectivity index (χ4n) is 2.85. The van der Waals surface area contributed by atoms with Crippen LogP contribution in [0.15, 0.2) is 29.2 Å². The Bertz CT molecular complexity index is 484. The summed E-state index contributed by atoms with van der Waals surface area (Å²) in [6.07, 6.45) is 5.54. The molecule has 19 heavy (non-hydrogen) atoms. The molecule has 3 atom stereocenters. The van der Waals surface area contributed by atoms with E-state index in [0.29, 0.717) is 10.8 Å². The van der Waals surface area contributed by atoms with Gasteiger partial charge < -0.3 is 5.11 Å². The smallest absolute Gasteiger partial charge is 0.335 e. The molecule has 0 aliphatic heterocycles. The number of hydrogen-bond donors (Lipinski definition) is 1. The molecule has 1 aliphatic carbocycles. The molecule has 1 aliphatic rings. The Labute approximate surface area is 116 Å². The number of carboxylic acid groups (broad SMARTS) is 1. The summed E-state index contributed by atoms with van der Waals surface area (Å²) >= 11 is 0. The van der Waals surface area contributed by atoms with Crippen molar-refractivity contribution < 1.29 is 14.1 Å². The summed E-state index contributed by atoms with van der Waals surface area (Å²) in [5.74, 6) is -0.461. The standard InChI is InChI=1S/C15H20O3S/c1-2-11-6-3-4-9-14(11)19(18)13-8-5-7-12(10-13)15(16)17/h5,7-8,10-11,14H,2-4,6,9H2,1H3,(H,16,17). The van der Waals surface area contributed by atoms with Crippen molar-refractivity contribution >= 4 is 16.8 Å². The molecule has 3 nitrogen and oxygen atoms in total. The normalized spacial score (nSPS) is 24.9. The summed E-state index contributed by atoms with van der Waals surface area (Å²) in [6, 6.07) is 6.56. The molecule has 104 valence electrons. The average molecular weight is 280 g/mol. The van der Waals surface area contributed by atoms with Crippen molar-refractivity contribution in [3.63, 3.8) is 0 Å². The summed E-state index contributed by atoms with van der Waals surface area (Å²) in [7, 11) is -1.09. The Balaban J connectivity index is 2.22. The second kappa shape index (κ2) is 6.33. The van der Waals surface area contributed by atoms with Gasteiger partial charge in [0.05, 0.1) is 16.4 Å². The molecule has 0 spiro atoms. The molecule has 1 aromatic carbocycles. The van der Waals surface area contributed by atoms with Crippen LogP contribution >= 0.6 is 0 Å². The molecule has 0 heterocycles. The molecule has 3 unspecified atom stereocenters. The Morgan fingerprint density at radius 1 is 1.37 bits per heavy atom. The quantitative estimate of drug-likeness (QED) is 0.919. The third-order valence-corrected chi connectivity index (χ3v) is 5.84. The van der Waals surface area contributed by atoms with E-state index in [1.807, 2.05) is 0 Å². The summed E-state index contributed by atoms with van der Waals surface area (Å²) in [5, 5.41) is 9.18. The first-order chi connectivity index (χ1) is 9.13. The zero-order valence-electron chi connectivity index (χ0n) is 11.2. The van der Waals surface area contributed by atoms with Gasteiger partial charge in [-0.15, -0.1) is 0 Å². The molecule has 1 aromatic rings. The van der Waals surface area contributed by atoms with Crippen LogP contribution in [0.4, 0.5) is 0 Å². The van der Waals surface area contributed by atoms with E-state index >= 15 is 0 Å². The van der Waals surface area contributed by atoms with E-state index in [9.17, 15) is 9.00 Å². The summed E-state index contributed by atoms with van der Waals surface area (Å²) in [6.45, 7) is 2.15. The van der Waals surface area contributed by atoms with Gasteiger partial charge in [0.2, 0.25) is 0 Å². The fourth-order valence-corrected chi connectivity index (χ4v) is 4.72. The molecule has 2 rings (SSSR count). The zero-order valence-corrected chi connectivity index (χ0v) is 12.0. The van der Waals surface area contributed by atoms with E-state index in [1.165, 1.54) is 6.42 Å². The van der Waals surface area contributed by atoms with Gasteiger partial charge in [-0.05, 0) is 37.0 Å². The average Bonchev–Trinajstić information content (AvgIpc) is 2.46. The first-order valence-electron chi connectivity index (χ1n) is 6.87. The summed E-state index contributed by atoms with van der Waals surface area (Å²) < 4.78 is 12.7. The molecule has 1 fully saturated rings. The lowest BCUT2D eigenvalue weighted by Crippen LogP contribution is -2.28. The summed E-state index contributed by atoms with van der Waals surface area (Å²) in [5.41, 5.74) is 0.217. The van der Waals surface area contributed by atoms with Crippen LogP contribution in [0.3, 0.4) is 0 Å². The van der Waals surface area contributed by atoms with Gasteiger partial charge >= 0.3 is 5.97 Å². The molecule has 1 saturated carbocycles. The van der Waals surface area contributed by atoms with Crippen LogP contribution in [-0.4, -0.2) is 20.5 Å². The zero-order chi connectivity index (χ0) is 13.8. The van der Waals surface area contributed by atoms with Crippen LogP contribution in [0.25, 0.3) is 0 Å². The predicted molar refractivity (Wildman–Crippen MR) is 75.8 cm³/mol. The van der Waals surface area contributed by atoms with Crippen molar-refractivity contribution in [2.24, 2.45) is 5.92 Å². The highest BCUT2D eigenvalue weighted by Crippen LogP contribution is 2.32. The topological polar surface area (TPSA) is 54.4 Å². The maximum absolute atomic E-state index is 12.7. The minimum absolute atomic E-state index is 0.183. The van der Waals surface area contributed by atoms with Crippen LogP contribution in [-0.2, 0) is 10.8 Å². The third kappa shape index (κ3) is 3.24. The van der Waals surface area contributed by atoms with Gasteiger partial charge in [0.1, 0.15) is 0 Å². The largest absolute Gasteiger partial charge is 0.478 e. The first kappa shape index (κ1) is 14.3. The Morgan fingerprint density at radius 2 is 2.11 bits per heavy atom. The monoisotopic (exact) mass is 280 g/mol. The molecule has 0 bridgehead atoms. The van der Waals surface area contributed by atoms with E-state index in [-0.39, 0.29) is 10.8 Å². The van der Waals surface area contributed by atoms with Crippen molar-refractivity contribution in [2.45, 2.75) is 49.2 Å². The Morgan fingerprint density at radius 3 is 2.79 bits per heavy atom. The number of carbonyl (C=O) groups is 1. The number of hydrogen-bond acceptors (Lipinski definition) is 2. The Kier molecular flexibility index (Phi) is 4.75. The van der Waals surface area contributed by atoms with Crippen LogP contribution in [0.5, 0.6) is 0 Å². The van der Waals surface area contributed by atoms with Gasteiger partial charge in [0, 0.05) is 10.1 Å². The van der Waals surface area contributed by atoms with Crippen LogP contribution in [0, 0.1) is 5.92 Å². The van der Waals surface area contributed by atoms with Gasteiger partial charge in [-0.1, -0.05) is 32.3 Å². The van der Waals surface area contributed by atoms with E-state index in [1.54, 1.807) is 24.3 Å². The van der Waals surface area contributed by atoms with Crippen LogP contribution < -0.4 is 0 Å². The van der Waals surface area contributed by atoms with Gasteiger partial charge in [0.15, 0.2) is 0 Å². The molecule has 0 aromatic heterocycles. The van der Waals surface area contributed by atoms with Gasteiger partial charge in [-0.25, -0.2) is 4.79 Å². The second-order valence-electron chi connectivity index (χ2n) is 5.12. The highest BCUT2D eigenvalue weighted by Gasteiger charge is 2.29. The molecule has 0 saturated heterocycles.